The van der Waals surface area contributed by atoms with Crippen LogP contribution in [0.5, 0.6) is 5.75 Å². The highest BCUT2D eigenvalue weighted by molar-refractivity contribution is 5.94. The van der Waals surface area contributed by atoms with Gasteiger partial charge in [0.05, 0.1) is 6.04 Å². The Balaban J connectivity index is 1.80. The average Bonchev–Trinajstić information content (AvgIpc) is 3.05. The number of amides is 1. The monoisotopic (exact) mass is 388 g/mol. The summed E-state index contributed by atoms with van der Waals surface area (Å²) in [5.74, 6) is -0.398. The predicted molar refractivity (Wildman–Crippen MR) is 102 cm³/mol. The van der Waals surface area contributed by atoms with E-state index in [1.54, 1.807) is 12.1 Å². The number of halogens is 1. The van der Waals surface area contributed by atoms with Crippen molar-refractivity contribution in [3.8, 4) is 5.75 Å². The zero-order chi connectivity index (χ0) is 20.4. The van der Waals surface area contributed by atoms with Crippen molar-refractivity contribution >= 4 is 5.91 Å². The van der Waals surface area contributed by atoms with E-state index in [2.05, 4.69) is 34.0 Å². The molecule has 1 aromatic carbocycles. The molecule has 1 amide bonds. The van der Waals surface area contributed by atoms with Crippen molar-refractivity contribution in [3.05, 3.63) is 57.5 Å². The summed E-state index contributed by atoms with van der Waals surface area (Å²) in [7, 11) is 1.95. The van der Waals surface area contributed by atoms with Gasteiger partial charge in [0.15, 0.2) is 5.69 Å². The first kappa shape index (κ1) is 20.0. The molecule has 8 heteroatoms. The fourth-order valence-corrected chi connectivity index (χ4v) is 3.51. The average molecular weight is 388 g/mol. The van der Waals surface area contributed by atoms with Crippen LogP contribution in [-0.2, 0) is 6.54 Å². The lowest BCUT2D eigenvalue weighted by Crippen LogP contribution is -2.29. The number of hydrogen-bond acceptors (Lipinski definition) is 5. The normalized spacial score (nSPS) is 19.9. The van der Waals surface area contributed by atoms with Gasteiger partial charge in [0.25, 0.3) is 11.5 Å². The van der Waals surface area contributed by atoms with Crippen LogP contribution in [0.15, 0.2) is 29.1 Å². The highest BCUT2D eigenvalue weighted by Crippen LogP contribution is 2.36. The van der Waals surface area contributed by atoms with Gasteiger partial charge in [-0.25, -0.2) is 9.37 Å². The molecule has 0 radical (unpaired) electrons. The van der Waals surface area contributed by atoms with Gasteiger partial charge in [-0.05, 0) is 43.0 Å². The third kappa shape index (κ3) is 4.22. The first-order valence-corrected chi connectivity index (χ1v) is 9.32. The second-order valence-corrected chi connectivity index (χ2v) is 7.65. The fourth-order valence-electron chi connectivity index (χ4n) is 3.51. The molecule has 0 bridgehead atoms. The Morgan fingerprint density at radius 1 is 1.39 bits per heavy atom. The molecule has 150 valence electrons. The smallest absolute Gasteiger partial charge is 0.293 e. The summed E-state index contributed by atoms with van der Waals surface area (Å²) in [5.41, 5.74) is -0.352. The summed E-state index contributed by atoms with van der Waals surface area (Å²) >= 11 is 0. The van der Waals surface area contributed by atoms with Crippen LogP contribution in [0.2, 0.25) is 0 Å². The molecule has 1 aromatic heterocycles. The van der Waals surface area contributed by atoms with Crippen LogP contribution < -0.4 is 10.9 Å². The summed E-state index contributed by atoms with van der Waals surface area (Å²) in [5, 5.41) is 12.7. The summed E-state index contributed by atoms with van der Waals surface area (Å²) in [4.78, 5) is 33.6. The quantitative estimate of drug-likeness (QED) is 0.729. The Morgan fingerprint density at radius 2 is 2.07 bits per heavy atom. The zero-order valence-electron chi connectivity index (χ0n) is 16.2. The van der Waals surface area contributed by atoms with Crippen molar-refractivity contribution in [1.29, 1.82) is 0 Å². The number of aromatic nitrogens is 2. The molecule has 0 spiro atoms. The molecule has 1 fully saturated rings. The Labute approximate surface area is 162 Å². The molecule has 3 N–H and O–H groups in total. The van der Waals surface area contributed by atoms with Crippen molar-refractivity contribution in [3.63, 3.8) is 0 Å². The van der Waals surface area contributed by atoms with E-state index >= 15 is 0 Å². The molecule has 2 aromatic rings. The van der Waals surface area contributed by atoms with Crippen LogP contribution in [0.3, 0.4) is 0 Å². The first-order chi connectivity index (χ1) is 13.3. The van der Waals surface area contributed by atoms with Gasteiger partial charge in [-0.2, -0.15) is 0 Å². The second kappa shape index (κ2) is 8.10. The molecule has 7 nitrogen and oxygen atoms in total. The number of nitrogens with one attached hydrogen (secondary N) is 2. The van der Waals surface area contributed by atoms with Gasteiger partial charge in [-0.15, -0.1) is 0 Å². The lowest BCUT2D eigenvalue weighted by molar-refractivity contribution is 0.0941. The largest absolute Gasteiger partial charge is 0.501 e. The molecule has 0 aliphatic carbocycles. The van der Waals surface area contributed by atoms with E-state index in [-0.39, 0.29) is 24.1 Å². The Hall–Kier alpha value is -2.74. The van der Waals surface area contributed by atoms with Crippen molar-refractivity contribution < 1.29 is 14.3 Å². The summed E-state index contributed by atoms with van der Waals surface area (Å²) < 4.78 is 13.0. The van der Waals surface area contributed by atoms with Gasteiger partial charge in [-0.1, -0.05) is 26.0 Å². The van der Waals surface area contributed by atoms with E-state index in [0.717, 1.165) is 13.0 Å². The van der Waals surface area contributed by atoms with Crippen molar-refractivity contribution in [2.24, 2.45) is 11.8 Å². The SMILES string of the molecule is CC(C)C1CC(c2nc(C(=O)NCc3ccc(F)cc3)c(O)c(=O)[nH]2)N(C)C1. The van der Waals surface area contributed by atoms with E-state index in [0.29, 0.717) is 23.2 Å². The van der Waals surface area contributed by atoms with E-state index in [9.17, 15) is 19.1 Å². The number of carbonyl (C=O) groups excluding carboxylic acids is 1. The molecule has 0 saturated carbocycles. The number of aromatic hydroxyl groups is 1. The maximum atomic E-state index is 13.0. The maximum Gasteiger partial charge on any atom is 0.293 e. The minimum atomic E-state index is -0.738. The molecule has 2 heterocycles. The van der Waals surface area contributed by atoms with Gasteiger partial charge in [0.1, 0.15) is 11.6 Å². The lowest BCUT2D eigenvalue weighted by atomic mass is 9.93. The third-order valence-electron chi connectivity index (χ3n) is 5.33. The Kier molecular flexibility index (Phi) is 5.79. The van der Waals surface area contributed by atoms with Gasteiger partial charge in [-0.3, -0.25) is 14.5 Å². The number of hydrogen-bond donors (Lipinski definition) is 3. The van der Waals surface area contributed by atoms with E-state index in [1.165, 1.54) is 12.1 Å². The van der Waals surface area contributed by atoms with Crippen molar-refractivity contribution in [2.45, 2.75) is 32.9 Å². The van der Waals surface area contributed by atoms with Gasteiger partial charge in [0, 0.05) is 13.1 Å². The van der Waals surface area contributed by atoms with Gasteiger partial charge < -0.3 is 15.4 Å². The summed E-state index contributed by atoms with van der Waals surface area (Å²) in [6.45, 7) is 5.31. The molecule has 3 rings (SSSR count). The highest BCUT2D eigenvalue weighted by atomic mass is 19.1. The van der Waals surface area contributed by atoms with Crippen LogP contribution in [0.4, 0.5) is 4.39 Å². The minimum Gasteiger partial charge on any atom is -0.501 e. The van der Waals surface area contributed by atoms with Crippen LogP contribution in [0, 0.1) is 17.7 Å². The van der Waals surface area contributed by atoms with Crippen LogP contribution in [-0.4, -0.2) is 39.5 Å². The number of carbonyl (C=O) groups is 1. The number of rotatable bonds is 5. The first-order valence-electron chi connectivity index (χ1n) is 9.32. The molecular weight excluding hydrogens is 363 g/mol. The molecule has 1 saturated heterocycles. The topological polar surface area (TPSA) is 98.3 Å². The van der Waals surface area contributed by atoms with Crippen LogP contribution >= 0.6 is 0 Å². The lowest BCUT2D eigenvalue weighted by Gasteiger charge is -2.18. The molecule has 2 atom stereocenters. The van der Waals surface area contributed by atoms with E-state index < -0.39 is 17.2 Å². The summed E-state index contributed by atoms with van der Waals surface area (Å²) in [6, 6.07) is 5.56. The maximum absolute atomic E-state index is 13.0. The fraction of sp³-hybridized carbons (Fsp3) is 0.450. The molecule has 1 aliphatic rings. The number of nitrogens with zero attached hydrogens (tertiary/aromatic N) is 2. The van der Waals surface area contributed by atoms with Crippen molar-refractivity contribution in [1.82, 2.24) is 20.2 Å². The van der Waals surface area contributed by atoms with E-state index in [1.807, 2.05) is 7.05 Å². The predicted octanol–water partition coefficient (Wildman–Crippen LogP) is 2.19. The van der Waals surface area contributed by atoms with Crippen LogP contribution in [0.25, 0.3) is 0 Å². The number of aromatic amines is 1. The summed E-state index contributed by atoms with van der Waals surface area (Å²) in [6.07, 6.45) is 0.818. The zero-order valence-corrected chi connectivity index (χ0v) is 16.2. The highest BCUT2D eigenvalue weighted by Gasteiger charge is 2.34. The molecular formula is C20H25FN4O3. The van der Waals surface area contributed by atoms with Crippen LogP contribution in [0.1, 0.15) is 48.2 Å². The third-order valence-corrected chi connectivity index (χ3v) is 5.33. The van der Waals surface area contributed by atoms with E-state index in [4.69, 9.17) is 0 Å². The minimum absolute atomic E-state index is 0.121. The molecule has 28 heavy (non-hydrogen) atoms. The number of H-pyrrole nitrogens is 1. The van der Waals surface area contributed by atoms with Gasteiger partial charge in [0.2, 0.25) is 5.75 Å². The number of benzene rings is 1. The second-order valence-electron chi connectivity index (χ2n) is 7.65. The Bertz CT molecular complexity index is 911. The molecule has 1 aliphatic heterocycles. The van der Waals surface area contributed by atoms with Crippen molar-refractivity contribution in [2.75, 3.05) is 13.6 Å². The standard InChI is InChI=1S/C20H25FN4O3/c1-11(2)13-8-15(25(3)10-13)18-23-16(17(26)20(28)24-18)19(27)22-9-12-4-6-14(21)7-5-12/h4-7,11,13,15,26H,8-10H2,1-3H3,(H,22,27)(H,23,24,28). The molecule has 2 unspecified atom stereocenters. The number of likely N-dealkylation sites (tertiary alicyclic amines) is 1. The van der Waals surface area contributed by atoms with Gasteiger partial charge >= 0.3 is 0 Å². The Morgan fingerprint density at radius 3 is 2.68 bits per heavy atom.